The Morgan fingerprint density at radius 3 is 2.23 bits per heavy atom. The first-order valence-electron chi connectivity index (χ1n) is 9.62. The lowest BCUT2D eigenvalue weighted by molar-refractivity contribution is -0.126. The summed E-state index contributed by atoms with van der Waals surface area (Å²) in [6.45, 7) is 0. The third-order valence-corrected chi connectivity index (χ3v) is 5.50. The fourth-order valence-corrected chi connectivity index (χ4v) is 4.10. The van der Waals surface area contributed by atoms with Crippen molar-refractivity contribution in [2.24, 2.45) is 5.92 Å². The summed E-state index contributed by atoms with van der Waals surface area (Å²) in [5.74, 6) is -0.663. The predicted molar refractivity (Wildman–Crippen MR) is 110 cm³/mol. The molecule has 2 aliphatic rings. The zero-order valence-corrected chi connectivity index (χ0v) is 16.2. The second-order valence-corrected chi connectivity index (χ2v) is 7.15. The third kappa shape index (κ3) is 2.83. The van der Waals surface area contributed by atoms with Crippen LogP contribution in [0.15, 0.2) is 79.1 Å². The molecule has 3 atom stereocenters. The van der Waals surface area contributed by atoms with E-state index in [-0.39, 0.29) is 11.8 Å². The van der Waals surface area contributed by atoms with Crippen molar-refractivity contribution in [2.75, 3.05) is 17.1 Å². The van der Waals surface area contributed by atoms with Gasteiger partial charge in [0.1, 0.15) is 11.7 Å². The smallest absolute Gasteiger partial charge is 0.266 e. The van der Waals surface area contributed by atoms with Crippen LogP contribution < -0.4 is 14.7 Å². The molecule has 3 aromatic rings. The van der Waals surface area contributed by atoms with Crippen molar-refractivity contribution in [1.82, 2.24) is 4.98 Å². The molecule has 3 heterocycles. The number of ether oxygens (including phenoxy) is 1. The molecule has 0 aliphatic carbocycles. The van der Waals surface area contributed by atoms with E-state index < -0.39 is 18.1 Å². The molecule has 5 rings (SSSR count). The van der Waals surface area contributed by atoms with Crippen LogP contribution in [0.5, 0.6) is 5.75 Å². The van der Waals surface area contributed by atoms with Crippen molar-refractivity contribution < 1.29 is 19.2 Å². The van der Waals surface area contributed by atoms with E-state index in [4.69, 9.17) is 9.57 Å². The molecule has 2 saturated heterocycles. The minimum atomic E-state index is -0.891. The molecule has 2 aliphatic heterocycles. The minimum absolute atomic E-state index is 0.282. The Hall–Kier alpha value is -3.71. The number of amides is 2. The number of anilines is 2. The van der Waals surface area contributed by atoms with Gasteiger partial charge in [0.25, 0.3) is 5.91 Å². The highest BCUT2D eigenvalue weighted by atomic mass is 16.7. The van der Waals surface area contributed by atoms with Crippen LogP contribution in [0.1, 0.15) is 11.6 Å². The minimum Gasteiger partial charge on any atom is -0.497 e. The molecule has 0 unspecified atom stereocenters. The highest BCUT2D eigenvalue weighted by molar-refractivity contribution is 6.23. The molecule has 0 saturated carbocycles. The van der Waals surface area contributed by atoms with Gasteiger partial charge >= 0.3 is 0 Å². The number of hydrogen-bond donors (Lipinski definition) is 0. The number of hydroxylamine groups is 1. The average molecular weight is 401 g/mol. The van der Waals surface area contributed by atoms with E-state index in [0.717, 1.165) is 11.3 Å². The second-order valence-electron chi connectivity index (χ2n) is 7.15. The van der Waals surface area contributed by atoms with Gasteiger partial charge in [-0.3, -0.25) is 19.4 Å². The normalized spacial score (nSPS) is 23.0. The van der Waals surface area contributed by atoms with Gasteiger partial charge in [0.05, 0.1) is 24.5 Å². The summed E-state index contributed by atoms with van der Waals surface area (Å²) in [5.41, 5.74) is 2.15. The van der Waals surface area contributed by atoms with Gasteiger partial charge < -0.3 is 4.74 Å². The Morgan fingerprint density at radius 2 is 1.57 bits per heavy atom. The molecule has 150 valence electrons. The number of benzene rings is 2. The fraction of sp³-hybridized carbons (Fsp3) is 0.174. The third-order valence-electron chi connectivity index (χ3n) is 5.50. The Morgan fingerprint density at radius 1 is 0.867 bits per heavy atom. The Balaban J connectivity index is 1.55. The number of pyridine rings is 1. The van der Waals surface area contributed by atoms with Crippen LogP contribution in [0, 0.1) is 5.92 Å². The van der Waals surface area contributed by atoms with E-state index in [2.05, 4.69) is 4.98 Å². The molecular weight excluding hydrogens is 382 g/mol. The number of aromatic nitrogens is 1. The van der Waals surface area contributed by atoms with Gasteiger partial charge in [-0.1, -0.05) is 18.2 Å². The number of para-hydroxylation sites is 1. The summed E-state index contributed by atoms with van der Waals surface area (Å²) in [6, 6.07) is 19.6. The molecule has 0 radical (unpaired) electrons. The van der Waals surface area contributed by atoms with Gasteiger partial charge in [0, 0.05) is 12.4 Å². The summed E-state index contributed by atoms with van der Waals surface area (Å²) in [6.07, 6.45) is 2.46. The first-order valence-corrected chi connectivity index (χ1v) is 9.62. The maximum absolute atomic E-state index is 13.5. The molecule has 2 fully saturated rings. The first kappa shape index (κ1) is 18.3. The molecule has 0 spiro atoms. The molecule has 1 aromatic heterocycles. The summed E-state index contributed by atoms with van der Waals surface area (Å²) < 4.78 is 5.17. The SMILES string of the molecule is COc1ccc(N2C(=O)[C@@H]3[C@H](ON(c4ccccc4)[C@H]3c3ccncc3)C2=O)cc1. The van der Waals surface area contributed by atoms with Gasteiger partial charge in [-0.15, -0.1) is 0 Å². The summed E-state index contributed by atoms with van der Waals surface area (Å²) in [5, 5.41) is 1.67. The standard InChI is InChI=1S/C23H19N3O4/c1-29-18-9-7-16(8-10-18)25-22(27)19-20(15-11-13-24-14-12-15)26(30-21(19)23(25)28)17-5-3-2-4-6-17/h2-14,19-21H,1H3/t19-,20-,21-/m0/s1. The Kier molecular flexibility index (Phi) is 4.44. The number of rotatable bonds is 4. The molecule has 0 N–H and O–H groups in total. The summed E-state index contributed by atoms with van der Waals surface area (Å²) in [4.78, 5) is 38.1. The van der Waals surface area contributed by atoms with E-state index >= 15 is 0 Å². The van der Waals surface area contributed by atoms with Crippen LogP contribution in [-0.2, 0) is 14.4 Å². The predicted octanol–water partition coefficient (Wildman–Crippen LogP) is 3.14. The van der Waals surface area contributed by atoms with Gasteiger partial charge in [-0.2, -0.15) is 0 Å². The largest absolute Gasteiger partial charge is 0.497 e. The summed E-state index contributed by atoms with van der Waals surface area (Å²) >= 11 is 0. The van der Waals surface area contributed by atoms with Crippen molar-refractivity contribution in [3.63, 3.8) is 0 Å². The van der Waals surface area contributed by atoms with E-state index in [1.165, 1.54) is 4.90 Å². The van der Waals surface area contributed by atoms with Crippen molar-refractivity contribution >= 4 is 23.2 Å². The zero-order valence-electron chi connectivity index (χ0n) is 16.2. The highest BCUT2D eigenvalue weighted by Crippen LogP contribution is 2.47. The lowest BCUT2D eigenvalue weighted by Gasteiger charge is -2.28. The van der Waals surface area contributed by atoms with E-state index in [0.29, 0.717) is 11.4 Å². The maximum Gasteiger partial charge on any atom is 0.266 e. The zero-order chi connectivity index (χ0) is 20.7. The maximum atomic E-state index is 13.5. The fourth-order valence-electron chi connectivity index (χ4n) is 4.10. The van der Waals surface area contributed by atoms with E-state index in [9.17, 15) is 9.59 Å². The first-order chi connectivity index (χ1) is 14.7. The molecule has 2 aromatic carbocycles. The number of fused-ring (bicyclic) bond motifs is 1. The van der Waals surface area contributed by atoms with E-state index in [1.54, 1.807) is 48.8 Å². The number of nitrogens with zero attached hydrogens (tertiary/aromatic N) is 3. The van der Waals surface area contributed by atoms with Crippen LogP contribution in [0.2, 0.25) is 0 Å². The average Bonchev–Trinajstić information content (AvgIpc) is 3.31. The topological polar surface area (TPSA) is 72.0 Å². The monoisotopic (exact) mass is 401 g/mol. The number of hydrogen-bond acceptors (Lipinski definition) is 6. The van der Waals surface area contributed by atoms with Crippen molar-refractivity contribution in [3.05, 3.63) is 84.7 Å². The van der Waals surface area contributed by atoms with Gasteiger partial charge in [-0.05, 0) is 54.1 Å². The molecule has 2 amide bonds. The van der Waals surface area contributed by atoms with Gasteiger partial charge in [0.2, 0.25) is 5.91 Å². The van der Waals surface area contributed by atoms with Crippen LogP contribution in [0.4, 0.5) is 11.4 Å². The van der Waals surface area contributed by atoms with Crippen LogP contribution in [0.25, 0.3) is 0 Å². The van der Waals surface area contributed by atoms with E-state index in [1.807, 2.05) is 42.5 Å². The molecule has 7 nitrogen and oxygen atoms in total. The number of carbonyl (C=O) groups is 2. The number of methoxy groups -OCH3 is 1. The molecule has 30 heavy (non-hydrogen) atoms. The van der Waals surface area contributed by atoms with Gasteiger partial charge in [0.15, 0.2) is 6.10 Å². The van der Waals surface area contributed by atoms with Crippen LogP contribution >= 0.6 is 0 Å². The Labute approximate surface area is 173 Å². The van der Waals surface area contributed by atoms with Gasteiger partial charge in [-0.25, -0.2) is 9.96 Å². The van der Waals surface area contributed by atoms with Crippen molar-refractivity contribution in [3.8, 4) is 5.75 Å². The molecule has 0 bridgehead atoms. The Bertz CT molecular complexity index is 1070. The molecule has 7 heteroatoms. The van der Waals surface area contributed by atoms with Crippen LogP contribution in [-0.4, -0.2) is 30.0 Å². The number of carbonyl (C=O) groups excluding carboxylic acids is 2. The lowest BCUT2D eigenvalue weighted by atomic mass is 9.91. The number of imide groups is 1. The van der Waals surface area contributed by atoms with Crippen molar-refractivity contribution in [2.45, 2.75) is 12.1 Å². The second kappa shape index (κ2) is 7.27. The van der Waals surface area contributed by atoms with Crippen LogP contribution in [0.3, 0.4) is 0 Å². The summed E-state index contributed by atoms with van der Waals surface area (Å²) in [7, 11) is 1.57. The lowest BCUT2D eigenvalue weighted by Crippen LogP contribution is -2.37. The quantitative estimate of drug-likeness (QED) is 0.626. The molecular formula is C23H19N3O4. The van der Waals surface area contributed by atoms with Crippen molar-refractivity contribution in [1.29, 1.82) is 0 Å². The highest BCUT2D eigenvalue weighted by Gasteiger charge is 2.60.